The van der Waals surface area contributed by atoms with Crippen LogP contribution in [0.5, 0.6) is 5.75 Å². The van der Waals surface area contributed by atoms with Gasteiger partial charge >= 0.3 is 0 Å². The molecule has 1 amide bonds. The van der Waals surface area contributed by atoms with Gasteiger partial charge in [0.25, 0.3) is 5.91 Å². The number of amides is 1. The van der Waals surface area contributed by atoms with Gasteiger partial charge in [0, 0.05) is 0 Å². The minimum Gasteiger partial charge on any atom is -0.481 e. The highest BCUT2D eigenvalue weighted by Gasteiger charge is 2.19. The molecule has 0 aliphatic heterocycles. The molecule has 0 aliphatic carbocycles. The van der Waals surface area contributed by atoms with Gasteiger partial charge in [0.15, 0.2) is 6.10 Å². The number of benzene rings is 2. The summed E-state index contributed by atoms with van der Waals surface area (Å²) in [5, 5.41) is 3.18. The van der Waals surface area contributed by atoms with Crippen molar-refractivity contribution in [2.24, 2.45) is 0 Å². The summed E-state index contributed by atoms with van der Waals surface area (Å²) in [4.78, 5) is 12.2. The van der Waals surface area contributed by atoms with Crippen LogP contribution in [0.2, 0.25) is 5.02 Å². The molecule has 1 N–H and O–H groups in total. The van der Waals surface area contributed by atoms with Crippen molar-refractivity contribution in [1.29, 1.82) is 0 Å². The van der Waals surface area contributed by atoms with Crippen molar-refractivity contribution < 1.29 is 13.9 Å². The summed E-state index contributed by atoms with van der Waals surface area (Å²) in [6, 6.07) is 12.5. The number of rotatable bonds is 5. The third-order valence-electron chi connectivity index (χ3n) is 2.89. The highest BCUT2D eigenvalue weighted by molar-refractivity contribution is 6.33. The van der Waals surface area contributed by atoms with E-state index >= 15 is 0 Å². The lowest BCUT2D eigenvalue weighted by Crippen LogP contribution is -2.32. The van der Waals surface area contributed by atoms with Gasteiger partial charge in [0.05, 0.1) is 10.7 Å². The van der Waals surface area contributed by atoms with Crippen molar-refractivity contribution in [2.75, 3.05) is 5.32 Å². The number of anilines is 1. The first-order chi connectivity index (χ1) is 10.1. The Morgan fingerprint density at radius 2 is 1.90 bits per heavy atom. The van der Waals surface area contributed by atoms with Crippen LogP contribution in [-0.4, -0.2) is 12.0 Å². The van der Waals surface area contributed by atoms with E-state index < -0.39 is 6.10 Å². The van der Waals surface area contributed by atoms with E-state index in [2.05, 4.69) is 5.32 Å². The molecule has 0 saturated heterocycles. The Morgan fingerprint density at radius 1 is 1.24 bits per heavy atom. The van der Waals surface area contributed by atoms with Gasteiger partial charge in [0.1, 0.15) is 11.6 Å². The standard InChI is InChI=1S/C16H15ClFNO2/c1-2-15(21-12-9-7-11(18)8-10-12)16(20)19-14-6-4-3-5-13(14)17/h3-10,15H,2H2,1H3,(H,19,20). The molecule has 0 radical (unpaired) electrons. The number of hydrogen-bond acceptors (Lipinski definition) is 2. The van der Waals surface area contributed by atoms with Gasteiger partial charge in [-0.15, -0.1) is 0 Å². The van der Waals surface area contributed by atoms with E-state index in [4.69, 9.17) is 16.3 Å². The molecule has 0 aromatic heterocycles. The Kier molecular flexibility index (Phi) is 5.17. The Bertz CT molecular complexity index is 616. The zero-order valence-electron chi connectivity index (χ0n) is 11.5. The minimum atomic E-state index is -0.674. The Morgan fingerprint density at radius 3 is 2.52 bits per heavy atom. The normalized spacial score (nSPS) is 11.8. The van der Waals surface area contributed by atoms with Crippen molar-refractivity contribution in [3.8, 4) is 5.75 Å². The SMILES string of the molecule is CCC(Oc1ccc(F)cc1)C(=O)Nc1ccccc1Cl. The molecule has 110 valence electrons. The van der Waals surface area contributed by atoms with E-state index in [-0.39, 0.29) is 11.7 Å². The van der Waals surface area contributed by atoms with E-state index in [1.54, 1.807) is 24.3 Å². The van der Waals surface area contributed by atoms with Crippen molar-refractivity contribution in [2.45, 2.75) is 19.4 Å². The maximum atomic E-state index is 12.8. The molecule has 21 heavy (non-hydrogen) atoms. The van der Waals surface area contributed by atoms with Gasteiger partial charge in [0.2, 0.25) is 0 Å². The highest BCUT2D eigenvalue weighted by atomic mass is 35.5. The van der Waals surface area contributed by atoms with Crippen molar-refractivity contribution >= 4 is 23.2 Å². The first-order valence-corrected chi connectivity index (χ1v) is 6.95. The molecule has 0 aliphatic rings. The minimum absolute atomic E-state index is 0.296. The predicted molar refractivity (Wildman–Crippen MR) is 81.2 cm³/mol. The van der Waals surface area contributed by atoms with Crippen LogP contribution in [0.4, 0.5) is 10.1 Å². The molecule has 1 atom stereocenters. The van der Waals surface area contributed by atoms with Crippen LogP contribution in [0.3, 0.4) is 0 Å². The zero-order chi connectivity index (χ0) is 15.2. The van der Waals surface area contributed by atoms with Crippen molar-refractivity contribution in [3.05, 3.63) is 59.4 Å². The fourth-order valence-corrected chi connectivity index (χ4v) is 1.96. The summed E-state index contributed by atoms with van der Waals surface area (Å²) >= 11 is 6.00. The Labute approximate surface area is 127 Å². The second-order valence-corrected chi connectivity index (χ2v) is 4.84. The number of hydrogen-bond donors (Lipinski definition) is 1. The summed E-state index contributed by atoms with van der Waals surface area (Å²) in [6.45, 7) is 1.83. The van der Waals surface area contributed by atoms with Crippen molar-refractivity contribution in [3.63, 3.8) is 0 Å². The Hall–Kier alpha value is -2.07. The number of halogens is 2. The highest BCUT2D eigenvalue weighted by Crippen LogP contribution is 2.21. The van der Waals surface area contributed by atoms with E-state index in [0.29, 0.717) is 22.9 Å². The number of nitrogens with one attached hydrogen (secondary N) is 1. The lowest BCUT2D eigenvalue weighted by Gasteiger charge is -2.17. The molecule has 2 aromatic carbocycles. The second kappa shape index (κ2) is 7.09. The van der Waals surface area contributed by atoms with E-state index in [9.17, 15) is 9.18 Å². The average Bonchev–Trinajstić information content (AvgIpc) is 2.49. The van der Waals surface area contributed by atoms with Gasteiger partial charge in [-0.2, -0.15) is 0 Å². The predicted octanol–water partition coefficient (Wildman–Crippen LogP) is 4.28. The summed E-state index contributed by atoms with van der Waals surface area (Å²) < 4.78 is 18.4. The molecule has 2 aromatic rings. The summed E-state index contributed by atoms with van der Waals surface area (Å²) in [5.41, 5.74) is 0.533. The number of carbonyl (C=O) groups is 1. The molecule has 0 saturated carbocycles. The van der Waals surface area contributed by atoms with E-state index in [1.165, 1.54) is 24.3 Å². The van der Waals surface area contributed by atoms with Crippen LogP contribution in [0.15, 0.2) is 48.5 Å². The third kappa shape index (κ3) is 4.20. The van der Waals surface area contributed by atoms with Gasteiger partial charge < -0.3 is 10.1 Å². The Balaban J connectivity index is 2.05. The van der Waals surface area contributed by atoms with E-state index in [0.717, 1.165) is 0 Å². The van der Waals surface area contributed by atoms with Gasteiger partial charge in [-0.25, -0.2) is 4.39 Å². The van der Waals surface area contributed by atoms with Crippen LogP contribution in [-0.2, 0) is 4.79 Å². The smallest absolute Gasteiger partial charge is 0.265 e. The molecule has 0 heterocycles. The molecule has 5 heteroatoms. The zero-order valence-corrected chi connectivity index (χ0v) is 12.2. The lowest BCUT2D eigenvalue weighted by molar-refractivity contribution is -0.122. The maximum Gasteiger partial charge on any atom is 0.265 e. The van der Waals surface area contributed by atoms with Gasteiger partial charge in [-0.05, 0) is 42.8 Å². The molecule has 0 spiro atoms. The molecule has 2 rings (SSSR count). The summed E-state index contributed by atoms with van der Waals surface area (Å²) in [5.74, 6) is -0.205. The number of ether oxygens (including phenoxy) is 1. The van der Waals surface area contributed by atoms with Crippen LogP contribution in [0.1, 0.15) is 13.3 Å². The molecule has 0 bridgehead atoms. The third-order valence-corrected chi connectivity index (χ3v) is 3.22. The van der Waals surface area contributed by atoms with Crippen LogP contribution in [0, 0.1) is 5.82 Å². The lowest BCUT2D eigenvalue weighted by atomic mass is 10.2. The first-order valence-electron chi connectivity index (χ1n) is 6.57. The summed E-state index contributed by atoms with van der Waals surface area (Å²) in [7, 11) is 0. The monoisotopic (exact) mass is 307 g/mol. The second-order valence-electron chi connectivity index (χ2n) is 4.44. The van der Waals surface area contributed by atoms with Gasteiger partial charge in [-0.1, -0.05) is 30.7 Å². The van der Waals surface area contributed by atoms with Crippen molar-refractivity contribution in [1.82, 2.24) is 0 Å². The fourth-order valence-electron chi connectivity index (χ4n) is 1.78. The van der Waals surface area contributed by atoms with Crippen LogP contribution in [0.25, 0.3) is 0 Å². The largest absolute Gasteiger partial charge is 0.481 e. The quantitative estimate of drug-likeness (QED) is 0.895. The number of carbonyl (C=O) groups excluding carboxylic acids is 1. The maximum absolute atomic E-state index is 12.8. The molecule has 3 nitrogen and oxygen atoms in total. The molecular weight excluding hydrogens is 293 g/mol. The molecule has 0 fully saturated rings. The van der Waals surface area contributed by atoms with Crippen LogP contribution >= 0.6 is 11.6 Å². The first kappa shape index (κ1) is 15.3. The summed E-state index contributed by atoms with van der Waals surface area (Å²) in [6.07, 6.45) is -0.194. The molecule has 1 unspecified atom stereocenters. The average molecular weight is 308 g/mol. The topological polar surface area (TPSA) is 38.3 Å². The van der Waals surface area contributed by atoms with Gasteiger partial charge in [-0.3, -0.25) is 4.79 Å². The van der Waals surface area contributed by atoms with Crippen LogP contribution < -0.4 is 10.1 Å². The van der Waals surface area contributed by atoms with E-state index in [1.807, 2.05) is 6.92 Å². The fraction of sp³-hybridized carbons (Fsp3) is 0.188. The molecular formula is C16H15ClFNO2. The number of para-hydroxylation sites is 1.